The number of nitrogens with zero attached hydrogens (tertiary/aromatic N) is 3. The highest BCUT2D eigenvalue weighted by atomic mass is 35.5. The average Bonchev–Trinajstić information content (AvgIpc) is 3.15. The number of fused-ring (bicyclic) bond motifs is 1. The third-order valence-corrected chi connectivity index (χ3v) is 4.49. The summed E-state index contributed by atoms with van der Waals surface area (Å²) in [5.41, 5.74) is 2.10. The van der Waals surface area contributed by atoms with Crippen LogP contribution in [0.4, 0.5) is 4.39 Å². The number of ether oxygens (including phenoxy) is 1. The Labute approximate surface area is 175 Å². The molecule has 4 rings (SSSR count). The minimum atomic E-state index is -0.369. The van der Waals surface area contributed by atoms with Crippen molar-refractivity contribution in [1.29, 1.82) is 0 Å². The Morgan fingerprint density at radius 3 is 2.77 bits per heavy atom. The van der Waals surface area contributed by atoms with Gasteiger partial charge in [-0.15, -0.1) is 0 Å². The molecule has 152 valence electrons. The zero-order chi connectivity index (χ0) is 21.1. The Morgan fingerprint density at radius 2 is 2.00 bits per heavy atom. The van der Waals surface area contributed by atoms with Crippen LogP contribution in [0.3, 0.4) is 0 Å². The summed E-state index contributed by atoms with van der Waals surface area (Å²) in [6.07, 6.45) is 0. The van der Waals surface area contributed by atoms with Crippen LogP contribution in [0.15, 0.2) is 53.1 Å². The molecule has 1 N–H and O–H groups in total. The highest BCUT2D eigenvalue weighted by molar-refractivity contribution is 6.30. The molecule has 0 saturated carbocycles. The first-order chi connectivity index (χ1) is 14.5. The van der Waals surface area contributed by atoms with Crippen molar-refractivity contribution < 1.29 is 18.4 Å². The molecule has 0 bridgehead atoms. The van der Waals surface area contributed by atoms with Gasteiger partial charge in [0.25, 0.3) is 11.6 Å². The molecular weight excluding hydrogens is 411 g/mol. The standard InChI is InChI=1S/C21H16ClFN4O3/c1-12-25-20(29-11-17(28)24-10-13-3-2-4-15(22)9-13)18-19(27-30-21(18)26-12)14-5-7-16(23)8-6-14/h2-9H,10-11H2,1H3,(H,24,28). The molecule has 0 atom stereocenters. The van der Waals surface area contributed by atoms with Gasteiger partial charge in [0, 0.05) is 17.1 Å². The van der Waals surface area contributed by atoms with E-state index in [0.29, 0.717) is 34.0 Å². The number of hydrogen-bond acceptors (Lipinski definition) is 6. The molecule has 0 aliphatic carbocycles. The van der Waals surface area contributed by atoms with E-state index in [0.717, 1.165) is 5.56 Å². The second-order valence-corrected chi connectivity index (χ2v) is 6.93. The van der Waals surface area contributed by atoms with Crippen molar-refractivity contribution in [3.63, 3.8) is 0 Å². The summed E-state index contributed by atoms with van der Waals surface area (Å²) < 4.78 is 24.2. The van der Waals surface area contributed by atoms with Crippen LogP contribution in [0.2, 0.25) is 5.02 Å². The predicted molar refractivity (Wildman–Crippen MR) is 109 cm³/mol. The molecule has 30 heavy (non-hydrogen) atoms. The van der Waals surface area contributed by atoms with E-state index in [-0.39, 0.29) is 29.9 Å². The fourth-order valence-corrected chi connectivity index (χ4v) is 3.08. The number of nitrogens with one attached hydrogen (secondary N) is 1. The van der Waals surface area contributed by atoms with Crippen LogP contribution in [-0.2, 0) is 11.3 Å². The number of carbonyl (C=O) groups excluding carboxylic acids is 1. The number of carbonyl (C=O) groups is 1. The fourth-order valence-electron chi connectivity index (χ4n) is 2.87. The molecule has 7 nitrogen and oxygen atoms in total. The summed E-state index contributed by atoms with van der Waals surface area (Å²) in [6, 6.07) is 13.0. The Morgan fingerprint density at radius 1 is 1.20 bits per heavy atom. The van der Waals surface area contributed by atoms with Crippen LogP contribution in [0.5, 0.6) is 5.88 Å². The number of halogens is 2. The number of aromatic nitrogens is 3. The van der Waals surface area contributed by atoms with Crippen LogP contribution in [0, 0.1) is 12.7 Å². The van der Waals surface area contributed by atoms with Crippen LogP contribution in [-0.4, -0.2) is 27.6 Å². The van der Waals surface area contributed by atoms with Crippen molar-refractivity contribution in [1.82, 2.24) is 20.4 Å². The molecule has 2 aromatic carbocycles. The summed E-state index contributed by atoms with van der Waals surface area (Å²) in [6.45, 7) is 1.72. The van der Waals surface area contributed by atoms with Crippen molar-refractivity contribution in [3.8, 4) is 17.1 Å². The Hall–Kier alpha value is -3.52. The highest BCUT2D eigenvalue weighted by Crippen LogP contribution is 2.33. The molecule has 0 aliphatic rings. The number of amides is 1. The van der Waals surface area contributed by atoms with Gasteiger partial charge in [-0.1, -0.05) is 28.9 Å². The zero-order valence-electron chi connectivity index (χ0n) is 15.9. The maximum atomic E-state index is 13.3. The molecule has 0 spiro atoms. The second-order valence-electron chi connectivity index (χ2n) is 6.49. The van der Waals surface area contributed by atoms with Crippen molar-refractivity contribution in [2.24, 2.45) is 0 Å². The van der Waals surface area contributed by atoms with E-state index >= 15 is 0 Å². The largest absolute Gasteiger partial charge is 0.467 e. The summed E-state index contributed by atoms with van der Waals surface area (Å²) >= 11 is 5.95. The first-order valence-electron chi connectivity index (χ1n) is 9.03. The Kier molecular flexibility index (Phi) is 5.58. The van der Waals surface area contributed by atoms with Crippen LogP contribution in [0.25, 0.3) is 22.4 Å². The van der Waals surface area contributed by atoms with Gasteiger partial charge < -0.3 is 14.6 Å². The van der Waals surface area contributed by atoms with Crippen molar-refractivity contribution in [2.45, 2.75) is 13.5 Å². The maximum Gasteiger partial charge on any atom is 0.265 e. The first kappa shape index (κ1) is 19.8. The molecule has 0 fully saturated rings. The van der Waals surface area contributed by atoms with Gasteiger partial charge in [0.2, 0.25) is 5.88 Å². The zero-order valence-corrected chi connectivity index (χ0v) is 16.6. The lowest BCUT2D eigenvalue weighted by Crippen LogP contribution is -2.28. The number of benzene rings is 2. The Balaban J connectivity index is 1.52. The lowest BCUT2D eigenvalue weighted by atomic mass is 10.1. The van der Waals surface area contributed by atoms with Gasteiger partial charge in [-0.05, 0) is 48.9 Å². The van der Waals surface area contributed by atoms with Gasteiger partial charge in [0.15, 0.2) is 6.61 Å². The fraction of sp³-hybridized carbons (Fsp3) is 0.143. The number of hydrogen-bond donors (Lipinski definition) is 1. The topological polar surface area (TPSA) is 90.1 Å². The van der Waals surface area contributed by atoms with Gasteiger partial charge in [-0.3, -0.25) is 4.79 Å². The van der Waals surface area contributed by atoms with Crippen molar-refractivity contribution in [3.05, 3.63) is 70.8 Å². The van der Waals surface area contributed by atoms with Gasteiger partial charge in [0.05, 0.1) is 0 Å². The quantitative estimate of drug-likeness (QED) is 0.499. The molecule has 2 heterocycles. The second kappa shape index (κ2) is 8.46. The van der Waals surface area contributed by atoms with Gasteiger partial charge in [-0.2, -0.15) is 9.97 Å². The summed E-state index contributed by atoms with van der Waals surface area (Å²) in [5, 5.41) is 7.78. The normalized spacial score (nSPS) is 10.9. The minimum absolute atomic E-state index is 0.163. The number of aryl methyl sites for hydroxylation is 1. The summed E-state index contributed by atoms with van der Waals surface area (Å²) in [5.74, 6) is -0.139. The van der Waals surface area contributed by atoms with E-state index in [1.165, 1.54) is 12.1 Å². The van der Waals surface area contributed by atoms with E-state index in [1.807, 2.05) is 12.1 Å². The van der Waals surface area contributed by atoms with Crippen molar-refractivity contribution >= 4 is 28.6 Å². The first-order valence-corrected chi connectivity index (χ1v) is 9.41. The SMILES string of the molecule is Cc1nc(OCC(=O)NCc2cccc(Cl)c2)c2c(-c3ccc(F)cc3)noc2n1. The van der Waals surface area contributed by atoms with Crippen LogP contribution >= 0.6 is 11.6 Å². The van der Waals surface area contributed by atoms with E-state index < -0.39 is 0 Å². The van der Waals surface area contributed by atoms with Crippen LogP contribution < -0.4 is 10.1 Å². The molecule has 0 radical (unpaired) electrons. The molecule has 0 aliphatic heterocycles. The molecule has 9 heteroatoms. The molecule has 0 saturated heterocycles. The summed E-state index contributed by atoms with van der Waals surface area (Å²) in [4.78, 5) is 20.7. The lowest BCUT2D eigenvalue weighted by molar-refractivity contribution is -0.123. The number of rotatable bonds is 6. The molecular formula is C21H16ClFN4O3. The lowest BCUT2D eigenvalue weighted by Gasteiger charge is -2.09. The molecule has 4 aromatic rings. The van der Waals surface area contributed by atoms with E-state index in [1.54, 1.807) is 31.2 Å². The van der Waals surface area contributed by atoms with Gasteiger partial charge in [-0.25, -0.2) is 4.39 Å². The molecule has 1 amide bonds. The maximum absolute atomic E-state index is 13.3. The average molecular weight is 427 g/mol. The third-order valence-electron chi connectivity index (χ3n) is 4.25. The summed E-state index contributed by atoms with van der Waals surface area (Å²) in [7, 11) is 0. The van der Waals surface area contributed by atoms with Crippen LogP contribution in [0.1, 0.15) is 11.4 Å². The predicted octanol–water partition coefficient (Wildman–Crippen LogP) is 4.08. The monoisotopic (exact) mass is 426 g/mol. The van der Waals surface area contributed by atoms with Crippen molar-refractivity contribution in [2.75, 3.05) is 6.61 Å². The third kappa shape index (κ3) is 4.38. The minimum Gasteiger partial charge on any atom is -0.467 e. The highest BCUT2D eigenvalue weighted by Gasteiger charge is 2.20. The van der Waals surface area contributed by atoms with Gasteiger partial charge >= 0.3 is 0 Å². The molecule has 0 unspecified atom stereocenters. The smallest absolute Gasteiger partial charge is 0.265 e. The van der Waals surface area contributed by atoms with E-state index in [9.17, 15) is 9.18 Å². The molecule has 2 aromatic heterocycles. The van der Waals surface area contributed by atoms with E-state index in [2.05, 4.69) is 20.4 Å². The van der Waals surface area contributed by atoms with E-state index in [4.69, 9.17) is 20.9 Å². The van der Waals surface area contributed by atoms with Gasteiger partial charge in [0.1, 0.15) is 22.7 Å². The Bertz CT molecular complexity index is 1210.